The van der Waals surface area contributed by atoms with Crippen LogP contribution in [-0.4, -0.2) is 49.7 Å². The molecule has 1 saturated heterocycles. The highest BCUT2D eigenvalue weighted by molar-refractivity contribution is 7.89. The van der Waals surface area contributed by atoms with Crippen LogP contribution >= 0.6 is 11.3 Å². The Kier molecular flexibility index (Phi) is 4.66. The van der Waals surface area contributed by atoms with E-state index in [-0.39, 0.29) is 32.1 Å². The first-order valence-electron chi connectivity index (χ1n) is 7.18. The van der Waals surface area contributed by atoms with Gasteiger partial charge in [0.05, 0.1) is 4.88 Å². The lowest BCUT2D eigenvalue weighted by Gasteiger charge is -2.33. The quantitative estimate of drug-likeness (QED) is 0.830. The van der Waals surface area contributed by atoms with Crippen LogP contribution in [0.25, 0.3) is 0 Å². The highest BCUT2D eigenvalue weighted by Crippen LogP contribution is 2.24. The van der Waals surface area contributed by atoms with E-state index < -0.39 is 26.6 Å². The molecule has 0 aliphatic carbocycles. The van der Waals surface area contributed by atoms with Crippen molar-refractivity contribution in [2.24, 2.45) is 0 Å². The molecule has 1 aromatic heterocycles. The van der Waals surface area contributed by atoms with Crippen molar-refractivity contribution in [2.45, 2.75) is 4.90 Å². The van der Waals surface area contributed by atoms with Crippen molar-refractivity contribution in [1.82, 2.24) is 9.21 Å². The number of piperazine rings is 1. The van der Waals surface area contributed by atoms with Gasteiger partial charge in [-0.3, -0.25) is 4.79 Å². The predicted octanol–water partition coefficient (Wildman–Crippen LogP) is 2.17. The van der Waals surface area contributed by atoms with Gasteiger partial charge in [-0.25, -0.2) is 17.2 Å². The summed E-state index contributed by atoms with van der Waals surface area (Å²) >= 11 is 1.31. The van der Waals surface area contributed by atoms with Crippen LogP contribution in [0.1, 0.15) is 9.67 Å². The topological polar surface area (TPSA) is 57.7 Å². The van der Waals surface area contributed by atoms with E-state index in [0.29, 0.717) is 4.88 Å². The van der Waals surface area contributed by atoms with Crippen LogP contribution in [0.5, 0.6) is 0 Å². The first-order chi connectivity index (χ1) is 11.4. The van der Waals surface area contributed by atoms with E-state index in [9.17, 15) is 22.0 Å². The van der Waals surface area contributed by atoms with Crippen molar-refractivity contribution >= 4 is 27.3 Å². The van der Waals surface area contributed by atoms with Crippen LogP contribution in [0.4, 0.5) is 8.78 Å². The third-order valence-electron chi connectivity index (χ3n) is 3.77. The van der Waals surface area contributed by atoms with E-state index in [1.807, 2.05) is 0 Å². The summed E-state index contributed by atoms with van der Waals surface area (Å²) in [7, 11) is -4.28. The van der Waals surface area contributed by atoms with Crippen molar-refractivity contribution in [3.8, 4) is 0 Å². The summed E-state index contributed by atoms with van der Waals surface area (Å²) in [5.41, 5.74) is 0. The molecule has 24 heavy (non-hydrogen) atoms. The van der Waals surface area contributed by atoms with E-state index in [1.165, 1.54) is 16.2 Å². The van der Waals surface area contributed by atoms with Crippen molar-refractivity contribution in [3.05, 3.63) is 52.2 Å². The Hall–Kier alpha value is -1.84. The molecule has 3 rings (SSSR count). The summed E-state index contributed by atoms with van der Waals surface area (Å²) in [5.74, 6) is -2.40. The number of hydrogen-bond donors (Lipinski definition) is 0. The van der Waals surface area contributed by atoms with E-state index >= 15 is 0 Å². The second-order valence-electron chi connectivity index (χ2n) is 5.22. The molecule has 0 atom stereocenters. The molecule has 0 spiro atoms. The molecule has 128 valence electrons. The smallest absolute Gasteiger partial charge is 0.264 e. The van der Waals surface area contributed by atoms with Crippen molar-refractivity contribution in [2.75, 3.05) is 26.2 Å². The van der Waals surface area contributed by atoms with E-state index in [0.717, 1.165) is 22.5 Å². The van der Waals surface area contributed by atoms with Gasteiger partial charge in [-0.1, -0.05) is 12.1 Å². The minimum absolute atomic E-state index is 0.00672. The lowest BCUT2D eigenvalue weighted by atomic mass is 10.3. The van der Waals surface area contributed by atoms with Crippen LogP contribution in [0.15, 0.2) is 40.6 Å². The molecule has 2 heterocycles. The number of thiophene rings is 1. The minimum Gasteiger partial charge on any atom is -0.335 e. The first kappa shape index (κ1) is 17.0. The zero-order valence-electron chi connectivity index (χ0n) is 12.5. The summed E-state index contributed by atoms with van der Waals surface area (Å²) < 4.78 is 53.5. The molecule has 9 heteroatoms. The third-order valence-corrected chi connectivity index (χ3v) is 6.58. The molecule has 1 aliphatic rings. The van der Waals surface area contributed by atoms with Gasteiger partial charge in [-0.15, -0.1) is 11.3 Å². The number of halogens is 2. The lowest BCUT2D eigenvalue weighted by molar-refractivity contribution is 0.0702. The molecular weight excluding hydrogens is 358 g/mol. The maximum absolute atomic E-state index is 13.8. The molecule has 0 radical (unpaired) electrons. The third kappa shape index (κ3) is 3.06. The van der Waals surface area contributed by atoms with Crippen molar-refractivity contribution < 1.29 is 22.0 Å². The summed E-state index contributed by atoms with van der Waals surface area (Å²) in [6, 6.07) is 6.39. The van der Waals surface area contributed by atoms with Gasteiger partial charge in [-0.2, -0.15) is 4.31 Å². The van der Waals surface area contributed by atoms with Gasteiger partial charge in [0.15, 0.2) is 4.90 Å². The zero-order chi connectivity index (χ0) is 17.3. The highest BCUT2D eigenvalue weighted by atomic mass is 32.2. The molecular formula is C15H14F2N2O3S2. The van der Waals surface area contributed by atoms with Gasteiger partial charge in [0.25, 0.3) is 5.91 Å². The number of benzene rings is 1. The minimum atomic E-state index is -4.28. The monoisotopic (exact) mass is 372 g/mol. The number of carbonyl (C=O) groups is 1. The Bertz CT molecular complexity index is 825. The second-order valence-corrected chi connectivity index (χ2v) is 8.05. The molecule has 1 fully saturated rings. The molecule has 0 N–H and O–H groups in total. The van der Waals surface area contributed by atoms with Crippen LogP contribution in [-0.2, 0) is 10.0 Å². The van der Waals surface area contributed by atoms with Gasteiger partial charge in [-0.05, 0) is 23.6 Å². The maximum atomic E-state index is 13.8. The number of carbonyl (C=O) groups excluding carboxylic acids is 1. The van der Waals surface area contributed by atoms with Crippen molar-refractivity contribution in [3.63, 3.8) is 0 Å². The van der Waals surface area contributed by atoms with E-state index in [2.05, 4.69) is 0 Å². The molecule has 1 aromatic carbocycles. The standard InChI is InChI=1S/C15H14F2N2O3S2/c16-11-3-1-4-12(17)14(11)24(21,22)19-8-6-18(7-9-19)15(20)13-5-2-10-23-13/h1-5,10H,6-9H2. The van der Waals surface area contributed by atoms with Gasteiger partial charge < -0.3 is 4.90 Å². The number of sulfonamides is 1. The van der Waals surface area contributed by atoms with Gasteiger partial charge >= 0.3 is 0 Å². The summed E-state index contributed by atoms with van der Waals surface area (Å²) in [6.07, 6.45) is 0. The Balaban J connectivity index is 1.76. The van der Waals surface area contributed by atoms with Crippen molar-refractivity contribution in [1.29, 1.82) is 0 Å². The number of hydrogen-bond acceptors (Lipinski definition) is 4. The average molecular weight is 372 g/mol. The van der Waals surface area contributed by atoms with Crippen LogP contribution in [0, 0.1) is 11.6 Å². The summed E-state index contributed by atoms with van der Waals surface area (Å²) in [4.78, 5) is 13.4. The summed E-state index contributed by atoms with van der Waals surface area (Å²) in [5, 5.41) is 1.79. The SMILES string of the molecule is O=C(c1cccs1)N1CCN(S(=O)(=O)c2c(F)cccc2F)CC1. The summed E-state index contributed by atoms with van der Waals surface area (Å²) in [6.45, 7) is 0.332. The number of nitrogens with zero attached hydrogens (tertiary/aromatic N) is 2. The lowest BCUT2D eigenvalue weighted by Crippen LogP contribution is -2.50. The van der Waals surface area contributed by atoms with E-state index in [4.69, 9.17) is 0 Å². The first-order valence-corrected chi connectivity index (χ1v) is 9.50. The maximum Gasteiger partial charge on any atom is 0.264 e. The normalized spacial score (nSPS) is 16.3. The Labute approximate surface area is 142 Å². The zero-order valence-corrected chi connectivity index (χ0v) is 14.1. The van der Waals surface area contributed by atoms with Crippen LogP contribution < -0.4 is 0 Å². The molecule has 0 bridgehead atoms. The van der Waals surface area contributed by atoms with Crippen LogP contribution in [0.3, 0.4) is 0 Å². The molecule has 1 amide bonds. The molecule has 1 aliphatic heterocycles. The predicted molar refractivity (Wildman–Crippen MR) is 85.3 cm³/mol. The van der Waals surface area contributed by atoms with Gasteiger partial charge in [0.1, 0.15) is 11.6 Å². The van der Waals surface area contributed by atoms with Crippen LogP contribution in [0.2, 0.25) is 0 Å². The van der Waals surface area contributed by atoms with E-state index in [1.54, 1.807) is 17.5 Å². The average Bonchev–Trinajstić information content (AvgIpc) is 3.08. The fraction of sp³-hybridized carbons (Fsp3) is 0.267. The Morgan fingerprint density at radius 1 is 1.00 bits per heavy atom. The molecule has 0 unspecified atom stereocenters. The Morgan fingerprint density at radius 2 is 1.62 bits per heavy atom. The number of amides is 1. The van der Waals surface area contributed by atoms with Gasteiger partial charge in [0, 0.05) is 26.2 Å². The fourth-order valence-corrected chi connectivity index (χ4v) is 4.77. The Morgan fingerprint density at radius 3 is 2.17 bits per heavy atom. The fourth-order valence-electron chi connectivity index (χ4n) is 2.55. The number of rotatable bonds is 3. The van der Waals surface area contributed by atoms with Gasteiger partial charge in [0.2, 0.25) is 10.0 Å². The molecule has 5 nitrogen and oxygen atoms in total. The second kappa shape index (κ2) is 6.58. The molecule has 0 saturated carbocycles. The highest BCUT2D eigenvalue weighted by Gasteiger charge is 2.34. The molecule has 2 aromatic rings. The largest absolute Gasteiger partial charge is 0.335 e.